The number of benzene rings is 2. The average molecular weight is 477 g/mol. The van der Waals surface area contributed by atoms with Gasteiger partial charge in [0.1, 0.15) is 5.82 Å². The van der Waals surface area contributed by atoms with E-state index in [2.05, 4.69) is 14.7 Å². The largest absolute Gasteiger partial charge is 0.478 e. The van der Waals surface area contributed by atoms with Crippen LogP contribution in [0.2, 0.25) is 0 Å². The zero-order valence-corrected chi connectivity index (χ0v) is 18.9. The third-order valence-electron chi connectivity index (χ3n) is 4.12. The van der Waals surface area contributed by atoms with Gasteiger partial charge in [-0.05, 0) is 43.7 Å². The molecule has 0 aliphatic carbocycles. The number of carboxylic acids is 1. The Bertz CT molecular complexity index is 1200. The molecule has 11 heteroatoms. The number of rotatable bonds is 7. The van der Waals surface area contributed by atoms with E-state index in [1.165, 1.54) is 50.5 Å². The molecule has 0 amide bonds. The fourth-order valence-electron chi connectivity index (χ4n) is 2.41. The standard InChI is InChI=1S/C11H7FN2O2.C11H18N2O3S/c12-9-3-1-2-7(4-9)10-13-5-8(6-14-10)11(15)16;1-11(2,14)8-13-17(15,16)10-5-3-4-9(6-10)7-12/h1-6H,(H,15,16);3-6,13-14H,7-8,12H2,1-2H3. The Morgan fingerprint density at radius 1 is 1.12 bits per heavy atom. The summed E-state index contributed by atoms with van der Waals surface area (Å²) in [5, 5.41) is 18.1. The van der Waals surface area contributed by atoms with E-state index in [-0.39, 0.29) is 29.4 Å². The summed E-state index contributed by atoms with van der Waals surface area (Å²) in [6.45, 7) is 3.31. The quantitative estimate of drug-likeness (QED) is 0.404. The first-order valence-electron chi connectivity index (χ1n) is 9.73. The minimum Gasteiger partial charge on any atom is -0.478 e. The number of aliphatic hydroxyl groups is 1. The number of nitrogens with one attached hydrogen (secondary N) is 1. The summed E-state index contributed by atoms with van der Waals surface area (Å²) in [7, 11) is -3.59. The summed E-state index contributed by atoms with van der Waals surface area (Å²) < 4.78 is 39.0. The normalized spacial score (nSPS) is 11.4. The molecule has 0 atom stereocenters. The van der Waals surface area contributed by atoms with Crippen LogP contribution >= 0.6 is 0 Å². The molecule has 0 fully saturated rings. The van der Waals surface area contributed by atoms with E-state index in [1.807, 2.05) is 0 Å². The monoisotopic (exact) mass is 476 g/mol. The number of carbonyl (C=O) groups is 1. The molecule has 9 nitrogen and oxygen atoms in total. The zero-order valence-electron chi connectivity index (χ0n) is 18.1. The minimum atomic E-state index is -3.59. The van der Waals surface area contributed by atoms with Crippen molar-refractivity contribution in [1.29, 1.82) is 0 Å². The molecular formula is C22H25FN4O5S. The number of carboxylic acid groups (broad SMARTS) is 1. The van der Waals surface area contributed by atoms with Crippen LogP contribution in [0.3, 0.4) is 0 Å². The molecule has 1 heterocycles. The first kappa shape index (κ1) is 26.0. The van der Waals surface area contributed by atoms with Crippen molar-refractivity contribution in [3.05, 3.63) is 77.9 Å². The third-order valence-corrected chi connectivity index (χ3v) is 5.52. The predicted molar refractivity (Wildman–Crippen MR) is 120 cm³/mol. The van der Waals surface area contributed by atoms with Gasteiger partial charge in [0.25, 0.3) is 0 Å². The molecule has 0 spiro atoms. The minimum absolute atomic E-state index is 0.000142. The molecule has 0 bridgehead atoms. The van der Waals surface area contributed by atoms with Crippen LogP contribution in [0.25, 0.3) is 11.4 Å². The Hall–Kier alpha value is -3.25. The van der Waals surface area contributed by atoms with Crippen molar-refractivity contribution in [1.82, 2.24) is 14.7 Å². The molecule has 0 saturated heterocycles. The van der Waals surface area contributed by atoms with E-state index in [1.54, 1.807) is 24.3 Å². The van der Waals surface area contributed by atoms with Gasteiger partial charge in [-0.3, -0.25) is 0 Å². The van der Waals surface area contributed by atoms with E-state index in [0.29, 0.717) is 11.4 Å². The van der Waals surface area contributed by atoms with E-state index in [0.717, 1.165) is 5.56 Å². The predicted octanol–water partition coefficient (Wildman–Crippen LogP) is 2.18. The molecule has 0 aliphatic rings. The highest BCUT2D eigenvalue weighted by Gasteiger charge is 2.19. The van der Waals surface area contributed by atoms with Crippen LogP contribution < -0.4 is 10.5 Å². The maximum atomic E-state index is 12.9. The lowest BCUT2D eigenvalue weighted by Crippen LogP contribution is -2.38. The summed E-state index contributed by atoms with van der Waals surface area (Å²) in [5.74, 6) is -1.18. The summed E-state index contributed by atoms with van der Waals surface area (Å²) in [5.41, 5.74) is 5.62. The molecule has 0 saturated carbocycles. The van der Waals surface area contributed by atoms with Crippen molar-refractivity contribution < 1.29 is 27.8 Å². The van der Waals surface area contributed by atoms with Gasteiger partial charge in [0.05, 0.1) is 16.1 Å². The second-order valence-electron chi connectivity index (χ2n) is 7.60. The van der Waals surface area contributed by atoms with Crippen molar-refractivity contribution in [2.75, 3.05) is 6.54 Å². The molecule has 2 aromatic carbocycles. The van der Waals surface area contributed by atoms with Crippen molar-refractivity contribution >= 4 is 16.0 Å². The Kier molecular flexibility index (Phi) is 8.71. The number of halogens is 1. The zero-order chi connectivity index (χ0) is 24.6. The number of aromatic nitrogens is 2. The number of sulfonamides is 1. The summed E-state index contributed by atoms with van der Waals surface area (Å²) in [6, 6.07) is 12.2. The Morgan fingerprint density at radius 2 is 1.76 bits per heavy atom. The van der Waals surface area contributed by atoms with Crippen LogP contribution in [-0.2, 0) is 16.6 Å². The van der Waals surface area contributed by atoms with Crippen molar-refractivity contribution in [2.45, 2.75) is 30.9 Å². The fraction of sp³-hybridized carbons (Fsp3) is 0.227. The summed E-state index contributed by atoms with van der Waals surface area (Å²) in [4.78, 5) is 18.4. The highest BCUT2D eigenvalue weighted by Crippen LogP contribution is 2.15. The number of hydrogen-bond donors (Lipinski definition) is 4. The van der Waals surface area contributed by atoms with Crippen LogP contribution in [0.15, 0.2) is 65.8 Å². The lowest BCUT2D eigenvalue weighted by Gasteiger charge is -2.17. The Morgan fingerprint density at radius 3 is 2.30 bits per heavy atom. The van der Waals surface area contributed by atoms with Gasteiger partial charge in [0.15, 0.2) is 5.82 Å². The molecule has 1 aromatic heterocycles. The van der Waals surface area contributed by atoms with Gasteiger partial charge in [-0.2, -0.15) is 0 Å². The van der Waals surface area contributed by atoms with Gasteiger partial charge in [-0.1, -0.05) is 24.3 Å². The SMILES string of the molecule is CC(C)(O)CNS(=O)(=O)c1cccc(CN)c1.O=C(O)c1cnc(-c2cccc(F)c2)nc1. The highest BCUT2D eigenvalue weighted by atomic mass is 32.2. The van der Waals surface area contributed by atoms with Crippen molar-refractivity contribution in [3.8, 4) is 11.4 Å². The molecule has 3 rings (SSSR count). The number of hydrogen-bond acceptors (Lipinski definition) is 7. The molecule has 0 unspecified atom stereocenters. The van der Waals surface area contributed by atoms with Crippen molar-refractivity contribution in [3.63, 3.8) is 0 Å². The molecule has 5 N–H and O–H groups in total. The van der Waals surface area contributed by atoms with Gasteiger partial charge >= 0.3 is 5.97 Å². The first-order valence-corrected chi connectivity index (χ1v) is 11.2. The van der Waals surface area contributed by atoms with Crippen LogP contribution in [0.1, 0.15) is 29.8 Å². The van der Waals surface area contributed by atoms with Gasteiger partial charge in [-0.25, -0.2) is 32.3 Å². The fourth-order valence-corrected chi connectivity index (χ4v) is 3.68. The van der Waals surface area contributed by atoms with E-state index in [9.17, 15) is 22.7 Å². The maximum absolute atomic E-state index is 12.9. The highest BCUT2D eigenvalue weighted by molar-refractivity contribution is 7.89. The van der Waals surface area contributed by atoms with Crippen LogP contribution in [0, 0.1) is 5.82 Å². The van der Waals surface area contributed by atoms with Crippen LogP contribution in [0.5, 0.6) is 0 Å². The lowest BCUT2D eigenvalue weighted by atomic mass is 10.1. The summed E-state index contributed by atoms with van der Waals surface area (Å²) >= 11 is 0. The van der Waals surface area contributed by atoms with Gasteiger partial charge in [0, 0.05) is 31.0 Å². The maximum Gasteiger partial charge on any atom is 0.338 e. The van der Waals surface area contributed by atoms with E-state index >= 15 is 0 Å². The van der Waals surface area contributed by atoms with Crippen LogP contribution in [-0.4, -0.2) is 46.7 Å². The van der Waals surface area contributed by atoms with E-state index in [4.69, 9.17) is 10.8 Å². The van der Waals surface area contributed by atoms with Gasteiger partial charge in [0.2, 0.25) is 10.0 Å². The van der Waals surface area contributed by atoms with Gasteiger partial charge < -0.3 is 15.9 Å². The molecule has 0 aliphatic heterocycles. The van der Waals surface area contributed by atoms with Gasteiger partial charge in [-0.15, -0.1) is 0 Å². The lowest BCUT2D eigenvalue weighted by molar-refractivity contribution is 0.0695. The molecule has 176 valence electrons. The third kappa shape index (κ3) is 8.31. The Balaban J connectivity index is 0.000000234. The van der Waals surface area contributed by atoms with Crippen molar-refractivity contribution in [2.24, 2.45) is 5.73 Å². The second-order valence-corrected chi connectivity index (χ2v) is 9.37. The number of nitrogens with zero attached hydrogens (tertiary/aromatic N) is 2. The van der Waals surface area contributed by atoms with Crippen LogP contribution in [0.4, 0.5) is 4.39 Å². The average Bonchev–Trinajstić information content (AvgIpc) is 2.78. The topological polar surface area (TPSA) is 156 Å². The Labute approximate surface area is 191 Å². The number of nitrogens with two attached hydrogens (primary N) is 1. The second kappa shape index (κ2) is 11.1. The van der Waals surface area contributed by atoms with E-state index < -0.39 is 21.6 Å². The molecular weight excluding hydrogens is 451 g/mol. The molecule has 33 heavy (non-hydrogen) atoms. The number of aromatic carboxylic acids is 1. The summed E-state index contributed by atoms with van der Waals surface area (Å²) in [6.07, 6.45) is 2.38. The first-order chi connectivity index (χ1) is 15.4. The smallest absolute Gasteiger partial charge is 0.338 e. The molecule has 0 radical (unpaired) electrons. The molecule has 3 aromatic rings.